The van der Waals surface area contributed by atoms with Crippen molar-refractivity contribution in [2.45, 2.75) is 38.6 Å². The maximum Gasteiger partial charge on any atom is 0.229 e. The van der Waals surface area contributed by atoms with E-state index < -0.39 is 5.82 Å². The van der Waals surface area contributed by atoms with Crippen LogP contribution in [0, 0.1) is 18.7 Å². The fourth-order valence-electron chi connectivity index (χ4n) is 5.17. The Balaban J connectivity index is 1.19. The quantitative estimate of drug-likeness (QED) is 0.394. The molecule has 1 saturated carbocycles. The van der Waals surface area contributed by atoms with Crippen molar-refractivity contribution in [1.29, 1.82) is 0 Å². The van der Waals surface area contributed by atoms with Crippen molar-refractivity contribution in [2.24, 2.45) is 13.0 Å². The highest BCUT2D eigenvalue weighted by atomic mass is 19.1. The Morgan fingerprint density at radius 3 is 2.92 bits per heavy atom. The van der Waals surface area contributed by atoms with Crippen LogP contribution in [-0.2, 0) is 11.8 Å². The number of fused-ring (bicyclic) bond motifs is 1. The maximum atomic E-state index is 15.3. The molecular formula is C27H30FN7O2. The van der Waals surface area contributed by atoms with Gasteiger partial charge in [-0.25, -0.2) is 8.91 Å². The number of hydrogen-bond donors (Lipinski definition) is 1. The summed E-state index contributed by atoms with van der Waals surface area (Å²) in [5.41, 5.74) is 3.47. The maximum absolute atomic E-state index is 15.3. The second-order valence-electron chi connectivity index (χ2n) is 9.94. The van der Waals surface area contributed by atoms with E-state index in [9.17, 15) is 4.79 Å². The molecule has 2 aliphatic rings. The Kier molecular flexibility index (Phi) is 5.91. The van der Waals surface area contributed by atoms with Gasteiger partial charge in [0.25, 0.3) is 0 Å². The van der Waals surface area contributed by atoms with Crippen LogP contribution >= 0.6 is 0 Å². The Hall–Kier alpha value is -3.79. The predicted octanol–water partition coefficient (Wildman–Crippen LogP) is 3.79. The lowest BCUT2D eigenvalue weighted by atomic mass is 10.0. The van der Waals surface area contributed by atoms with E-state index in [1.54, 1.807) is 30.1 Å². The van der Waals surface area contributed by atoms with Gasteiger partial charge < -0.3 is 10.1 Å². The summed E-state index contributed by atoms with van der Waals surface area (Å²) in [6.07, 6.45) is 4.80. The third-order valence-corrected chi connectivity index (χ3v) is 7.48. The number of likely N-dealkylation sites (tertiary alicyclic amines) is 1. The number of halogens is 1. The van der Waals surface area contributed by atoms with E-state index in [2.05, 4.69) is 32.3 Å². The molecule has 0 spiro atoms. The molecular weight excluding hydrogens is 473 g/mol. The number of ether oxygens (including phenoxy) is 1. The standard InChI is InChI=1S/C27H30FN7O2/c1-4-34-9-8-17(34)15-37-24-13-29-33(3)26(24)21-10-18-11-25(32-35(18)14-22(21)28)31-27(36)20-12-19(20)23-7-5-6-16(2)30-23/h5-7,10-11,13-14,17,19-20H,4,8-9,12,15H2,1-3H3,(H,31,32,36)/t17-,19+,20-/m1/s1. The van der Waals surface area contributed by atoms with Gasteiger partial charge in [0, 0.05) is 54.5 Å². The van der Waals surface area contributed by atoms with Gasteiger partial charge >= 0.3 is 0 Å². The molecule has 10 heteroatoms. The van der Waals surface area contributed by atoms with Gasteiger partial charge in [-0.3, -0.25) is 19.4 Å². The van der Waals surface area contributed by atoms with Gasteiger partial charge in [0.2, 0.25) is 5.91 Å². The summed E-state index contributed by atoms with van der Waals surface area (Å²) in [7, 11) is 1.77. The predicted molar refractivity (Wildman–Crippen MR) is 137 cm³/mol. The molecule has 37 heavy (non-hydrogen) atoms. The van der Waals surface area contributed by atoms with Gasteiger partial charge in [0.1, 0.15) is 12.3 Å². The first kappa shape index (κ1) is 23.6. The zero-order valence-electron chi connectivity index (χ0n) is 21.2. The van der Waals surface area contributed by atoms with Crippen LogP contribution < -0.4 is 10.1 Å². The molecule has 9 nitrogen and oxygen atoms in total. The fraction of sp³-hybridized carbons (Fsp3) is 0.407. The van der Waals surface area contributed by atoms with Crippen LogP contribution in [0.3, 0.4) is 0 Å². The number of carbonyl (C=O) groups excluding carboxylic acids is 1. The van der Waals surface area contributed by atoms with Gasteiger partial charge in [-0.1, -0.05) is 13.0 Å². The summed E-state index contributed by atoms with van der Waals surface area (Å²) < 4.78 is 24.4. The lowest BCUT2D eigenvalue weighted by molar-refractivity contribution is -0.117. The monoisotopic (exact) mass is 503 g/mol. The molecule has 1 N–H and O–H groups in total. The van der Waals surface area contributed by atoms with Gasteiger partial charge in [0.05, 0.1) is 17.9 Å². The number of amides is 1. The molecule has 1 aliphatic heterocycles. The summed E-state index contributed by atoms with van der Waals surface area (Å²) in [6.45, 7) is 6.70. The van der Waals surface area contributed by atoms with Crippen molar-refractivity contribution in [1.82, 2.24) is 29.3 Å². The first-order valence-corrected chi connectivity index (χ1v) is 12.7. The summed E-state index contributed by atoms with van der Waals surface area (Å²) in [5.74, 6) is 0.362. The van der Waals surface area contributed by atoms with E-state index in [4.69, 9.17) is 4.74 Å². The second-order valence-corrected chi connectivity index (χ2v) is 9.94. The summed E-state index contributed by atoms with van der Waals surface area (Å²) in [5, 5.41) is 11.6. The number of nitrogens with one attached hydrogen (secondary N) is 1. The van der Waals surface area contributed by atoms with Crippen molar-refractivity contribution >= 4 is 17.2 Å². The summed E-state index contributed by atoms with van der Waals surface area (Å²) in [4.78, 5) is 19.7. The summed E-state index contributed by atoms with van der Waals surface area (Å²) in [6, 6.07) is 9.69. The number of rotatable bonds is 8. The van der Waals surface area contributed by atoms with Gasteiger partial charge in [-0.2, -0.15) is 5.10 Å². The fourth-order valence-corrected chi connectivity index (χ4v) is 5.17. The number of likely N-dealkylation sites (N-methyl/N-ethyl adjacent to an activating group) is 1. The van der Waals surface area contributed by atoms with Crippen LogP contribution in [-0.4, -0.2) is 60.9 Å². The van der Waals surface area contributed by atoms with Crippen molar-refractivity contribution in [3.63, 3.8) is 0 Å². The number of aryl methyl sites for hydroxylation is 2. The largest absolute Gasteiger partial charge is 0.488 e. The number of hydrogen-bond acceptors (Lipinski definition) is 6. The van der Waals surface area contributed by atoms with E-state index in [1.807, 2.05) is 25.1 Å². The van der Waals surface area contributed by atoms with Crippen LogP contribution in [0.5, 0.6) is 5.75 Å². The van der Waals surface area contributed by atoms with E-state index in [-0.39, 0.29) is 17.7 Å². The average molecular weight is 504 g/mol. The average Bonchev–Trinajstić information content (AvgIpc) is 3.45. The van der Waals surface area contributed by atoms with Crippen LogP contribution in [0.4, 0.5) is 10.2 Å². The van der Waals surface area contributed by atoms with Crippen LogP contribution in [0.15, 0.2) is 42.7 Å². The van der Waals surface area contributed by atoms with Crippen molar-refractivity contribution in [3.8, 4) is 17.0 Å². The van der Waals surface area contributed by atoms with Crippen molar-refractivity contribution in [2.75, 3.05) is 25.0 Å². The molecule has 5 heterocycles. The van der Waals surface area contributed by atoms with Crippen LogP contribution in [0.1, 0.15) is 37.1 Å². The number of aromatic nitrogens is 5. The molecule has 0 bridgehead atoms. The van der Waals surface area contributed by atoms with E-state index in [0.717, 1.165) is 37.3 Å². The first-order valence-electron chi connectivity index (χ1n) is 12.7. The Bertz CT molecular complexity index is 1480. The molecule has 6 rings (SSSR count). The zero-order valence-corrected chi connectivity index (χ0v) is 21.2. The Labute approximate surface area is 214 Å². The molecule has 1 aliphatic carbocycles. The first-order chi connectivity index (χ1) is 17.9. The molecule has 0 unspecified atom stereocenters. The normalized spacial score (nSPS) is 21.1. The molecule has 2 fully saturated rings. The summed E-state index contributed by atoms with van der Waals surface area (Å²) >= 11 is 0. The molecule has 4 aromatic heterocycles. The highest BCUT2D eigenvalue weighted by Crippen LogP contribution is 2.47. The minimum atomic E-state index is -0.450. The molecule has 1 saturated heterocycles. The third kappa shape index (κ3) is 4.46. The van der Waals surface area contributed by atoms with E-state index in [1.165, 1.54) is 10.7 Å². The zero-order chi connectivity index (χ0) is 25.7. The minimum absolute atomic E-state index is 0.100. The third-order valence-electron chi connectivity index (χ3n) is 7.48. The number of pyridine rings is 2. The molecule has 0 aromatic carbocycles. The lowest BCUT2D eigenvalue weighted by Crippen LogP contribution is -2.50. The molecule has 192 valence electrons. The van der Waals surface area contributed by atoms with Crippen molar-refractivity contribution < 1.29 is 13.9 Å². The minimum Gasteiger partial charge on any atom is -0.488 e. The number of nitrogens with zero attached hydrogens (tertiary/aromatic N) is 6. The van der Waals surface area contributed by atoms with Crippen LogP contribution in [0.2, 0.25) is 0 Å². The lowest BCUT2D eigenvalue weighted by Gasteiger charge is -2.39. The highest BCUT2D eigenvalue weighted by molar-refractivity contribution is 5.95. The van der Waals surface area contributed by atoms with Gasteiger partial charge in [0.15, 0.2) is 17.4 Å². The Morgan fingerprint density at radius 1 is 1.30 bits per heavy atom. The van der Waals surface area contributed by atoms with Gasteiger partial charge in [-0.05, 0) is 44.5 Å². The molecule has 4 aromatic rings. The smallest absolute Gasteiger partial charge is 0.229 e. The number of anilines is 1. The van der Waals surface area contributed by atoms with Gasteiger partial charge in [-0.15, -0.1) is 5.10 Å². The molecule has 0 radical (unpaired) electrons. The topological polar surface area (TPSA) is 89.6 Å². The molecule has 1 amide bonds. The SMILES string of the molecule is CCN1CC[C@@H]1COc1cnn(C)c1-c1cc2cc(NC(=O)[C@@H]3C[C@@H]3c3cccc(C)n3)nn2cc1F. The van der Waals surface area contributed by atoms with Crippen molar-refractivity contribution in [3.05, 3.63) is 59.9 Å². The van der Waals surface area contributed by atoms with E-state index in [0.29, 0.717) is 41.0 Å². The van der Waals surface area contributed by atoms with E-state index >= 15 is 4.39 Å². The van der Waals surface area contributed by atoms with Crippen LogP contribution in [0.25, 0.3) is 16.8 Å². The Morgan fingerprint density at radius 2 is 2.16 bits per heavy atom. The highest BCUT2D eigenvalue weighted by Gasteiger charge is 2.45. The molecule has 3 atom stereocenters. The second kappa shape index (κ2) is 9.26. The number of carbonyl (C=O) groups is 1.